The Hall–Kier alpha value is -3.11. The number of carbonyl (C=O) groups excluding carboxylic acids is 1. The van der Waals surface area contributed by atoms with Crippen molar-refractivity contribution in [3.05, 3.63) is 101 Å². The third kappa shape index (κ3) is 4.89. The highest BCUT2D eigenvalue weighted by Gasteiger charge is 2.37. The summed E-state index contributed by atoms with van der Waals surface area (Å²) in [5, 5.41) is 6.67. The second-order valence-corrected chi connectivity index (χ2v) is 8.14. The summed E-state index contributed by atoms with van der Waals surface area (Å²) in [6, 6.07) is 27.0. The van der Waals surface area contributed by atoms with Crippen molar-refractivity contribution >= 4 is 11.6 Å². The van der Waals surface area contributed by atoms with E-state index >= 15 is 0 Å². The van der Waals surface area contributed by atoms with Crippen molar-refractivity contribution in [2.45, 2.75) is 31.5 Å². The lowest BCUT2D eigenvalue weighted by atomic mass is 10.1. The van der Waals surface area contributed by atoms with E-state index in [9.17, 15) is 4.79 Å². The van der Waals surface area contributed by atoms with E-state index < -0.39 is 0 Å². The van der Waals surface area contributed by atoms with E-state index in [-0.39, 0.29) is 5.91 Å². The monoisotopic (exact) mass is 399 g/mol. The molecule has 3 aromatic rings. The molecule has 0 aromatic heterocycles. The van der Waals surface area contributed by atoms with Crippen molar-refractivity contribution in [2.75, 3.05) is 19.0 Å². The molecule has 1 aliphatic carbocycles. The number of hydrogen-bond acceptors (Lipinski definition) is 3. The molecule has 2 atom stereocenters. The Morgan fingerprint density at radius 1 is 0.900 bits per heavy atom. The summed E-state index contributed by atoms with van der Waals surface area (Å²) in [4.78, 5) is 14.6. The first-order valence-corrected chi connectivity index (χ1v) is 10.5. The lowest BCUT2D eigenvalue weighted by Gasteiger charge is -2.17. The highest BCUT2D eigenvalue weighted by molar-refractivity contribution is 5.94. The van der Waals surface area contributed by atoms with Gasteiger partial charge in [0.1, 0.15) is 0 Å². The average Bonchev–Trinajstić information content (AvgIpc) is 3.57. The van der Waals surface area contributed by atoms with Crippen LogP contribution >= 0.6 is 0 Å². The highest BCUT2D eigenvalue weighted by atomic mass is 16.1. The molecule has 2 unspecified atom stereocenters. The van der Waals surface area contributed by atoms with Crippen molar-refractivity contribution in [3.63, 3.8) is 0 Å². The Bertz CT molecular complexity index is 983. The second kappa shape index (κ2) is 9.14. The third-order valence-corrected chi connectivity index (χ3v) is 5.72. The van der Waals surface area contributed by atoms with Crippen LogP contribution in [0.4, 0.5) is 5.69 Å². The molecule has 0 radical (unpaired) electrons. The van der Waals surface area contributed by atoms with Crippen molar-refractivity contribution in [1.29, 1.82) is 0 Å². The molecule has 1 fully saturated rings. The van der Waals surface area contributed by atoms with Crippen molar-refractivity contribution in [1.82, 2.24) is 10.6 Å². The maximum Gasteiger partial charge on any atom is 0.251 e. The average molecular weight is 400 g/mol. The molecule has 0 aliphatic heterocycles. The SMILES string of the molecule is CN(C)c1ccccc1CNC1CC1c1ccc(C(=O)NCc2ccccc2)cc1. The predicted octanol–water partition coefficient (Wildman–Crippen LogP) is 4.33. The lowest BCUT2D eigenvalue weighted by molar-refractivity contribution is 0.0951. The Labute approximate surface area is 178 Å². The number of amides is 1. The van der Waals surface area contributed by atoms with Gasteiger partial charge >= 0.3 is 0 Å². The number of benzene rings is 3. The number of rotatable bonds is 8. The summed E-state index contributed by atoms with van der Waals surface area (Å²) in [6.45, 7) is 1.42. The van der Waals surface area contributed by atoms with E-state index in [1.807, 2.05) is 42.5 Å². The fourth-order valence-corrected chi connectivity index (χ4v) is 3.89. The summed E-state index contributed by atoms with van der Waals surface area (Å²) in [5.74, 6) is 0.495. The fraction of sp³-hybridized carbons (Fsp3) is 0.269. The van der Waals surface area contributed by atoms with Crippen molar-refractivity contribution in [2.24, 2.45) is 0 Å². The topological polar surface area (TPSA) is 44.4 Å². The van der Waals surface area contributed by atoms with Gasteiger partial charge in [0.25, 0.3) is 5.91 Å². The van der Waals surface area contributed by atoms with Gasteiger partial charge in [-0.3, -0.25) is 4.79 Å². The number of para-hydroxylation sites is 1. The number of nitrogens with zero attached hydrogens (tertiary/aromatic N) is 1. The zero-order chi connectivity index (χ0) is 20.9. The second-order valence-electron chi connectivity index (χ2n) is 8.14. The van der Waals surface area contributed by atoms with E-state index in [4.69, 9.17) is 0 Å². The normalized spacial score (nSPS) is 17.4. The molecule has 154 valence electrons. The first kappa shape index (κ1) is 20.2. The molecule has 0 heterocycles. The van der Waals surface area contributed by atoms with E-state index in [0.29, 0.717) is 24.1 Å². The lowest BCUT2D eigenvalue weighted by Crippen LogP contribution is -2.22. The molecule has 3 aromatic carbocycles. The molecule has 4 rings (SSSR count). The van der Waals surface area contributed by atoms with Crippen LogP contribution in [0, 0.1) is 0 Å². The van der Waals surface area contributed by atoms with Crippen LogP contribution in [0.2, 0.25) is 0 Å². The molecule has 0 spiro atoms. The molecular formula is C26H29N3O. The molecule has 0 bridgehead atoms. The molecule has 0 saturated heterocycles. The van der Waals surface area contributed by atoms with E-state index in [2.05, 4.69) is 66.0 Å². The van der Waals surface area contributed by atoms with Gasteiger partial charge in [0, 0.05) is 50.4 Å². The van der Waals surface area contributed by atoms with Crippen LogP contribution in [0.5, 0.6) is 0 Å². The maximum atomic E-state index is 12.4. The van der Waals surface area contributed by atoms with Gasteiger partial charge in [0.05, 0.1) is 0 Å². The molecule has 4 heteroatoms. The van der Waals surface area contributed by atoms with Crippen LogP contribution in [0.1, 0.15) is 39.4 Å². The quantitative estimate of drug-likeness (QED) is 0.593. The van der Waals surface area contributed by atoms with Crippen LogP contribution in [0.15, 0.2) is 78.9 Å². The fourth-order valence-electron chi connectivity index (χ4n) is 3.89. The van der Waals surface area contributed by atoms with Gasteiger partial charge in [0.2, 0.25) is 0 Å². The molecule has 1 saturated carbocycles. The van der Waals surface area contributed by atoms with Crippen LogP contribution in [0.3, 0.4) is 0 Å². The number of nitrogens with one attached hydrogen (secondary N) is 2. The molecule has 2 N–H and O–H groups in total. The van der Waals surface area contributed by atoms with E-state index in [0.717, 1.165) is 18.5 Å². The van der Waals surface area contributed by atoms with Gasteiger partial charge in [0.15, 0.2) is 0 Å². The zero-order valence-electron chi connectivity index (χ0n) is 17.6. The Kier molecular flexibility index (Phi) is 6.15. The largest absolute Gasteiger partial charge is 0.377 e. The predicted molar refractivity (Wildman–Crippen MR) is 123 cm³/mol. The summed E-state index contributed by atoms with van der Waals surface area (Å²) in [6.07, 6.45) is 1.14. The molecule has 1 aliphatic rings. The summed E-state index contributed by atoms with van der Waals surface area (Å²) < 4.78 is 0. The van der Waals surface area contributed by atoms with Crippen LogP contribution in [-0.4, -0.2) is 26.0 Å². The minimum atomic E-state index is -0.0313. The standard InChI is InChI=1S/C26H29N3O/c1-29(2)25-11-7-6-10-22(25)18-27-24-16-23(24)20-12-14-21(15-13-20)26(30)28-17-19-8-4-3-5-9-19/h3-15,23-24,27H,16-18H2,1-2H3,(H,28,30). The Morgan fingerprint density at radius 3 is 2.33 bits per heavy atom. The van der Waals surface area contributed by atoms with Gasteiger partial charge in [-0.2, -0.15) is 0 Å². The van der Waals surface area contributed by atoms with Gasteiger partial charge in [-0.15, -0.1) is 0 Å². The summed E-state index contributed by atoms with van der Waals surface area (Å²) in [7, 11) is 4.16. The molecular weight excluding hydrogens is 370 g/mol. The zero-order valence-corrected chi connectivity index (χ0v) is 17.6. The Morgan fingerprint density at radius 2 is 1.60 bits per heavy atom. The molecule has 30 heavy (non-hydrogen) atoms. The number of hydrogen-bond donors (Lipinski definition) is 2. The maximum absolute atomic E-state index is 12.4. The number of anilines is 1. The smallest absolute Gasteiger partial charge is 0.251 e. The van der Waals surface area contributed by atoms with Crippen LogP contribution in [0.25, 0.3) is 0 Å². The molecule has 1 amide bonds. The minimum absolute atomic E-state index is 0.0313. The number of carbonyl (C=O) groups is 1. The van der Waals surface area contributed by atoms with Gasteiger partial charge in [-0.1, -0.05) is 60.7 Å². The highest BCUT2D eigenvalue weighted by Crippen LogP contribution is 2.41. The van der Waals surface area contributed by atoms with Gasteiger partial charge in [-0.25, -0.2) is 0 Å². The van der Waals surface area contributed by atoms with E-state index in [1.54, 1.807) is 0 Å². The van der Waals surface area contributed by atoms with Crippen molar-refractivity contribution in [3.8, 4) is 0 Å². The molecule has 4 nitrogen and oxygen atoms in total. The van der Waals surface area contributed by atoms with E-state index in [1.165, 1.54) is 16.8 Å². The summed E-state index contributed by atoms with van der Waals surface area (Å²) >= 11 is 0. The van der Waals surface area contributed by atoms with Gasteiger partial charge < -0.3 is 15.5 Å². The Balaban J connectivity index is 1.28. The third-order valence-electron chi connectivity index (χ3n) is 5.72. The van der Waals surface area contributed by atoms with Gasteiger partial charge in [-0.05, 0) is 41.3 Å². The summed E-state index contributed by atoms with van der Waals surface area (Å²) in [5.41, 5.74) is 5.68. The van der Waals surface area contributed by atoms with Crippen LogP contribution < -0.4 is 15.5 Å². The van der Waals surface area contributed by atoms with Crippen LogP contribution in [-0.2, 0) is 13.1 Å². The first-order valence-electron chi connectivity index (χ1n) is 10.5. The first-order chi connectivity index (χ1) is 14.6. The minimum Gasteiger partial charge on any atom is -0.377 e. The van der Waals surface area contributed by atoms with Crippen molar-refractivity contribution < 1.29 is 4.79 Å².